The highest BCUT2D eigenvalue weighted by Gasteiger charge is 2.26. The van der Waals surface area contributed by atoms with Crippen LogP contribution < -0.4 is 14.8 Å². The molecule has 0 amide bonds. The molecule has 0 bridgehead atoms. The third-order valence-corrected chi connectivity index (χ3v) is 5.19. The molecule has 0 saturated carbocycles. The smallest absolute Gasteiger partial charge is 0.229 e. The van der Waals surface area contributed by atoms with Gasteiger partial charge in [0.15, 0.2) is 11.5 Å². The number of hydrogen-bond acceptors (Lipinski definition) is 5. The molecule has 0 saturated heterocycles. The van der Waals surface area contributed by atoms with Gasteiger partial charge in [-0.3, -0.25) is 4.57 Å². The van der Waals surface area contributed by atoms with Crippen LogP contribution in [0.1, 0.15) is 35.8 Å². The number of ether oxygens (including phenoxy) is 2. The van der Waals surface area contributed by atoms with Crippen molar-refractivity contribution in [3.8, 4) is 11.5 Å². The number of aryl methyl sites for hydroxylation is 2. The van der Waals surface area contributed by atoms with Crippen molar-refractivity contribution in [1.82, 2.24) is 14.8 Å². The molecule has 2 heterocycles. The lowest BCUT2D eigenvalue weighted by Crippen LogP contribution is -2.20. The van der Waals surface area contributed by atoms with Crippen molar-refractivity contribution in [2.75, 3.05) is 19.5 Å². The zero-order valence-electron chi connectivity index (χ0n) is 16.2. The summed E-state index contributed by atoms with van der Waals surface area (Å²) >= 11 is 0. The summed E-state index contributed by atoms with van der Waals surface area (Å²) in [5.41, 5.74) is 2.93. The summed E-state index contributed by atoms with van der Waals surface area (Å²) in [7, 11) is 3.23. The number of fused-ring (bicyclic) bond motifs is 1. The highest BCUT2D eigenvalue weighted by molar-refractivity contribution is 5.64. The van der Waals surface area contributed by atoms with E-state index in [0.29, 0.717) is 17.4 Å². The quantitative estimate of drug-likeness (QED) is 0.708. The SMILES string of the molecule is COc1cc(C)c(Nc2nnc3n2C(c2ccc(F)cc2)CCC3)cc1OC. The van der Waals surface area contributed by atoms with Crippen LogP contribution in [-0.4, -0.2) is 29.0 Å². The molecule has 4 rings (SSSR count). The first-order chi connectivity index (χ1) is 13.6. The molecule has 1 aliphatic rings. The predicted molar refractivity (Wildman–Crippen MR) is 105 cm³/mol. The van der Waals surface area contributed by atoms with Crippen LogP contribution in [0.25, 0.3) is 0 Å². The molecule has 6 nitrogen and oxygen atoms in total. The van der Waals surface area contributed by atoms with Crippen molar-refractivity contribution in [1.29, 1.82) is 0 Å². The number of nitrogens with zero attached hydrogens (tertiary/aromatic N) is 3. The van der Waals surface area contributed by atoms with Crippen LogP contribution in [0, 0.1) is 12.7 Å². The van der Waals surface area contributed by atoms with Gasteiger partial charge in [-0.15, -0.1) is 10.2 Å². The summed E-state index contributed by atoms with van der Waals surface area (Å²) in [6.45, 7) is 2.00. The van der Waals surface area contributed by atoms with Gasteiger partial charge in [0.2, 0.25) is 5.95 Å². The maximum Gasteiger partial charge on any atom is 0.229 e. The summed E-state index contributed by atoms with van der Waals surface area (Å²) in [5.74, 6) is 2.69. The van der Waals surface area contributed by atoms with Crippen molar-refractivity contribution in [2.45, 2.75) is 32.2 Å². The van der Waals surface area contributed by atoms with Gasteiger partial charge >= 0.3 is 0 Å². The summed E-state index contributed by atoms with van der Waals surface area (Å²) < 4.78 is 26.3. The second kappa shape index (κ2) is 7.50. The number of methoxy groups -OCH3 is 2. The van der Waals surface area contributed by atoms with Crippen molar-refractivity contribution in [3.05, 3.63) is 59.2 Å². The maximum absolute atomic E-state index is 13.4. The third-order valence-electron chi connectivity index (χ3n) is 5.19. The van der Waals surface area contributed by atoms with Crippen LogP contribution in [0.3, 0.4) is 0 Å². The fourth-order valence-electron chi connectivity index (χ4n) is 3.73. The van der Waals surface area contributed by atoms with E-state index >= 15 is 0 Å². The van der Waals surface area contributed by atoms with Gasteiger partial charge in [-0.25, -0.2) is 4.39 Å². The second-order valence-electron chi connectivity index (χ2n) is 6.92. The van der Waals surface area contributed by atoms with E-state index in [1.807, 2.05) is 31.2 Å². The van der Waals surface area contributed by atoms with Crippen LogP contribution in [0.15, 0.2) is 36.4 Å². The van der Waals surface area contributed by atoms with Gasteiger partial charge in [-0.05, 0) is 49.1 Å². The Morgan fingerprint density at radius 3 is 2.50 bits per heavy atom. The molecular formula is C21H23FN4O2. The first-order valence-electron chi connectivity index (χ1n) is 9.29. The van der Waals surface area contributed by atoms with Gasteiger partial charge in [0, 0.05) is 18.2 Å². The third kappa shape index (κ3) is 3.28. The fourth-order valence-corrected chi connectivity index (χ4v) is 3.73. The summed E-state index contributed by atoms with van der Waals surface area (Å²) in [6.07, 6.45) is 2.85. The van der Waals surface area contributed by atoms with E-state index in [0.717, 1.165) is 41.9 Å². The first kappa shape index (κ1) is 18.3. The predicted octanol–water partition coefficient (Wildman–Crippen LogP) is 4.41. The molecule has 2 aromatic carbocycles. The Morgan fingerprint density at radius 1 is 1.07 bits per heavy atom. The molecule has 0 fully saturated rings. The van der Waals surface area contributed by atoms with Crippen LogP contribution in [0.2, 0.25) is 0 Å². The Kier molecular flexibility index (Phi) is 4.90. The minimum absolute atomic E-state index is 0.0716. The van der Waals surface area contributed by atoms with Gasteiger partial charge in [0.1, 0.15) is 11.6 Å². The second-order valence-corrected chi connectivity index (χ2v) is 6.92. The molecule has 1 atom stereocenters. The molecule has 146 valence electrons. The Bertz CT molecular complexity index is 985. The number of hydrogen-bond donors (Lipinski definition) is 1. The van der Waals surface area contributed by atoms with Gasteiger partial charge in [0.05, 0.1) is 20.3 Å². The average molecular weight is 382 g/mol. The first-order valence-corrected chi connectivity index (χ1v) is 9.29. The normalized spacial score (nSPS) is 15.8. The molecule has 1 aromatic heterocycles. The Labute approximate surface area is 163 Å². The molecule has 3 aromatic rings. The molecule has 1 N–H and O–H groups in total. The lowest BCUT2D eigenvalue weighted by molar-refractivity contribution is 0.355. The van der Waals surface area contributed by atoms with Gasteiger partial charge < -0.3 is 14.8 Å². The summed E-state index contributed by atoms with van der Waals surface area (Å²) in [5, 5.41) is 12.2. The van der Waals surface area contributed by atoms with E-state index in [4.69, 9.17) is 9.47 Å². The molecular weight excluding hydrogens is 359 g/mol. The molecule has 1 aliphatic heterocycles. The molecule has 1 unspecified atom stereocenters. The Hall–Kier alpha value is -3.09. The van der Waals surface area contributed by atoms with Crippen molar-refractivity contribution in [2.24, 2.45) is 0 Å². The van der Waals surface area contributed by atoms with E-state index in [-0.39, 0.29) is 11.9 Å². The zero-order chi connectivity index (χ0) is 19.7. The molecule has 28 heavy (non-hydrogen) atoms. The number of anilines is 2. The molecule has 0 spiro atoms. The van der Waals surface area contributed by atoms with Crippen LogP contribution in [0.5, 0.6) is 11.5 Å². The largest absolute Gasteiger partial charge is 0.493 e. The molecule has 0 radical (unpaired) electrons. The number of rotatable bonds is 5. The van der Waals surface area contributed by atoms with Crippen molar-refractivity contribution in [3.63, 3.8) is 0 Å². The average Bonchev–Trinajstić information content (AvgIpc) is 3.13. The van der Waals surface area contributed by atoms with E-state index in [9.17, 15) is 4.39 Å². The minimum atomic E-state index is -0.233. The monoisotopic (exact) mass is 382 g/mol. The standard InChI is InChI=1S/C21H23FN4O2/c1-13-11-18(27-2)19(28-3)12-16(13)23-21-25-24-20-6-4-5-17(26(20)21)14-7-9-15(22)10-8-14/h7-12,17H,4-6H2,1-3H3,(H,23,25). The van der Waals surface area contributed by atoms with Crippen LogP contribution >= 0.6 is 0 Å². The molecule has 7 heteroatoms. The lowest BCUT2D eigenvalue weighted by atomic mass is 9.97. The fraction of sp³-hybridized carbons (Fsp3) is 0.333. The number of halogens is 1. The van der Waals surface area contributed by atoms with E-state index in [2.05, 4.69) is 20.1 Å². The molecule has 0 aliphatic carbocycles. The Balaban J connectivity index is 1.71. The van der Waals surface area contributed by atoms with Crippen molar-refractivity contribution < 1.29 is 13.9 Å². The van der Waals surface area contributed by atoms with E-state index in [1.165, 1.54) is 12.1 Å². The minimum Gasteiger partial charge on any atom is -0.493 e. The van der Waals surface area contributed by atoms with Crippen LogP contribution in [0.4, 0.5) is 16.0 Å². The maximum atomic E-state index is 13.4. The summed E-state index contributed by atoms with van der Waals surface area (Å²) in [4.78, 5) is 0. The van der Waals surface area contributed by atoms with E-state index < -0.39 is 0 Å². The van der Waals surface area contributed by atoms with Crippen LogP contribution in [-0.2, 0) is 6.42 Å². The zero-order valence-corrected chi connectivity index (χ0v) is 16.2. The number of nitrogens with one attached hydrogen (secondary N) is 1. The van der Waals surface area contributed by atoms with Gasteiger partial charge in [-0.2, -0.15) is 0 Å². The topological polar surface area (TPSA) is 61.2 Å². The highest BCUT2D eigenvalue weighted by atomic mass is 19.1. The number of benzene rings is 2. The van der Waals surface area contributed by atoms with Gasteiger partial charge in [-0.1, -0.05) is 12.1 Å². The van der Waals surface area contributed by atoms with Crippen molar-refractivity contribution >= 4 is 11.6 Å². The lowest BCUT2D eigenvalue weighted by Gasteiger charge is -2.27. The van der Waals surface area contributed by atoms with Gasteiger partial charge in [0.25, 0.3) is 0 Å². The number of aromatic nitrogens is 3. The Morgan fingerprint density at radius 2 is 1.79 bits per heavy atom. The summed E-state index contributed by atoms with van der Waals surface area (Å²) in [6, 6.07) is 10.6. The van der Waals surface area contributed by atoms with E-state index in [1.54, 1.807) is 14.2 Å². The highest BCUT2D eigenvalue weighted by Crippen LogP contribution is 2.37.